The maximum atomic E-state index is 11.4. The molecular formula is C10H12N2O2S. The average Bonchev–Trinajstić information content (AvgIpc) is 2.64. The minimum Gasteiger partial charge on any atom is -0.330 e. The van der Waals surface area contributed by atoms with Gasteiger partial charge in [0, 0.05) is 17.8 Å². The molecule has 1 amide bonds. The van der Waals surface area contributed by atoms with E-state index in [1.165, 1.54) is 0 Å². The van der Waals surface area contributed by atoms with E-state index in [2.05, 4.69) is 4.98 Å². The van der Waals surface area contributed by atoms with Crippen molar-refractivity contribution in [3.05, 3.63) is 15.6 Å². The molecule has 2 rings (SSSR count). The molecule has 0 aromatic carbocycles. The van der Waals surface area contributed by atoms with E-state index in [1.807, 2.05) is 13.8 Å². The Morgan fingerprint density at radius 3 is 2.60 bits per heavy atom. The molecule has 2 heterocycles. The summed E-state index contributed by atoms with van der Waals surface area (Å²) in [5, 5.41) is 1.00. The van der Waals surface area contributed by atoms with E-state index in [0.717, 1.165) is 15.6 Å². The monoisotopic (exact) mass is 224 g/mol. The van der Waals surface area contributed by atoms with E-state index in [0.29, 0.717) is 19.5 Å². The van der Waals surface area contributed by atoms with Crippen molar-refractivity contribution in [2.24, 2.45) is 0 Å². The van der Waals surface area contributed by atoms with Gasteiger partial charge in [0.05, 0.1) is 17.2 Å². The van der Waals surface area contributed by atoms with Crippen LogP contribution in [-0.2, 0) is 16.1 Å². The molecule has 0 atom stereocenters. The van der Waals surface area contributed by atoms with Crippen LogP contribution in [0.15, 0.2) is 0 Å². The molecule has 4 nitrogen and oxygen atoms in total. The van der Waals surface area contributed by atoms with Gasteiger partial charge < -0.3 is 4.90 Å². The van der Waals surface area contributed by atoms with Crippen molar-refractivity contribution in [3.63, 3.8) is 0 Å². The Morgan fingerprint density at radius 1 is 1.40 bits per heavy atom. The van der Waals surface area contributed by atoms with Gasteiger partial charge in [-0.25, -0.2) is 4.98 Å². The van der Waals surface area contributed by atoms with Crippen LogP contribution in [0.1, 0.15) is 22.0 Å². The zero-order valence-electron chi connectivity index (χ0n) is 8.74. The molecule has 1 aromatic heterocycles. The SMILES string of the molecule is Cc1nc(C)c(CN2CCC(=O)C2=O)s1. The van der Waals surface area contributed by atoms with Gasteiger partial charge in [-0.1, -0.05) is 0 Å². The summed E-state index contributed by atoms with van der Waals surface area (Å²) in [5.41, 5.74) is 0.963. The highest BCUT2D eigenvalue weighted by Crippen LogP contribution is 2.21. The second kappa shape index (κ2) is 3.73. The van der Waals surface area contributed by atoms with Crippen molar-refractivity contribution in [1.82, 2.24) is 9.88 Å². The van der Waals surface area contributed by atoms with Crippen molar-refractivity contribution in [1.29, 1.82) is 0 Å². The number of thiazole rings is 1. The molecule has 5 heteroatoms. The number of hydrogen-bond donors (Lipinski definition) is 0. The second-order valence-corrected chi connectivity index (χ2v) is 4.93. The fraction of sp³-hybridized carbons (Fsp3) is 0.500. The van der Waals surface area contributed by atoms with E-state index in [9.17, 15) is 9.59 Å². The van der Waals surface area contributed by atoms with Gasteiger partial charge in [-0.3, -0.25) is 9.59 Å². The molecule has 80 valence electrons. The number of nitrogens with zero attached hydrogens (tertiary/aromatic N) is 2. The van der Waals surface area contributed by atoms with Gasteiger partial charge in [-0.05, 0) is 13.8 Å². The molecule has 15 heavy (non-hydrogen) atoms. The second-order valence-electron chi connectivity index (χ2n) is 3.64. The number of Topliss-reactive ketones (excluding diaryl/α,β-unsaturated/α-hetero) is 1. The number of likely N-dealkylation sites (tertiary alicyclic amines) is 1. The topological polar surface area (TPSA) is 50.3 Å². The third-order valence-corrected chi connectivity index (χ3v) is 3.53. The van der Waals surface area contributed by atoms with Gasteiger partial charge in [0.2, 0.25) is 5.78 Å². The van der Waals surface area contributed by atoms with Crippen LogP contribution in [-0.4, -0.2) is 28.1 Å². The van der Waals surface area contributed by atoms with Gasteiger partial charge in [-0.15, -0.1) is 11.3 Å². The quantitative estimate of drug-likeness (QED) is 0.706. The van der Waals surface area contributed by atoms with Crippen molar-refractivity contribution >= 4 is 23.0 Å². The first-order valence-corrected chi connectivity index (χ1v) is 5.64. The molecule has 1 aliphatic rings. The van der Waals surface area contributed by atoms with Crippen LogP contribution in [0.2, 0.25) is 0 Å². The van der Waals surface area contributed by atoms with E-state index < -0.39 is 0 Å². The minimum atomic E-state index is -0.347. The Balaban J connectivity index is 2.13. The maximum absolute atomic E-state index is 11.4. The minimum absolute atomic E-state index is 0.270. The largest absolute Gasteiger partial charge is 0.330 e. The summed E-state index contributed by atoms with van der Waals surface area (Å²) in [5.74, 6) is -0.616. The Labute approximate surface area is 91.9 Å². The number of carbonyl (C=O) groups is 2. The molecule has 0 radical (unpaired) electrons. The third-order valence-electron chi connectivity index (χ3n) is 2.47. The Bertz CT molecular complexity index is 425. The summed E-state index contributed by atoms with van der Waals surface area (Å²) in [6, 6.07) is 0. The smallest absolute Gasteiger partial charge is 0.290 e. The number of rotatable bonds is 2. The van der Waals surface area contributed by atoms with Crippen LogP contribution < -0.4 is 0 Å². The number of hydrogen-bond acceptors (Lipinski definition) is 4. The van der Waals surface area contributed by atoms with E-state index in [4.69, 9.17) is 0 Å². The Hall–Kier alpha value is -1.23. The summed E-state index contributed by atoms with van der Waals surface area (Å²) in [6.45, 7) is 4.95. The van der Waals surface area contributed by atoms with Crippen LogP contribution in [0.4, 0.5) is 0 Å². The summed E-state index contributed by atoms with van der Waals surface area (Å²) < 4.78 is 0. The number of aryl methyl sites for hydroxylation is 2. The molecule has 0 saturated carbocycles. The van der Waals surface area contributed by atoms with Crippen molar-refractivity contribution in [3.8, 4) is 0 Å². The van der Waals surface area contributed by atoms with Crippen molar-refractivity contribution < 1.29 is 9.59 Å². The van der Waals surface area contributed by atoms with Crippen LogP contribution in [0.25, 0.3) is 0 Å². The van der Waals surface area contributed by atoms with Crippen molar-refractivity contribution in [2.45, 2.75) is 26.8 Å². The van der Waals surface area contributed by atoms with Crippen molar-refractivity contribution in [2.75, 3.05) is 6.54 Å². The van der Waals surface area contributed by atoms with E-state index >= 15 is 0 Å². The Kier molecular flexibility index (Phi) is 2.56. The first-order valence-electron chi connectivity index (χ1n) is 4.83. The zero-order valence-corrected chi connectivity index (χ0v) is 9.56. The lowest BCUT2D eigenvalue weighted by molar-refractivity contribution is -0.140. The van der Waals surface area contributed by atoms with Gasteiger partial charge in [-0.2, -0.15) is 0 Å². The van der Waals surface area contributed by atoms with Gasteiger partial charge in [0.1, 0.15) is 0 Å². The lowest BCUT2D eigenvalue weighted by Gasteiger charge is -2.12. The average molecular weight is 224 g/mol. The van der Waals surface area contributed by atoms with Gasteiger partial charge in [0.15, 0.2) is 0 Å². The lowest BCUT2D eigenvalue weighted by atomic mass is 10.3. The highest BCUT2D eigenvalue weighted by atomic mass is 32.1. The number of ketones is 1. The van der Waals surface area contributed by atoms with Crippen LogP contribution in [0.3, 0.4) is 0 Å². The molecule has 0 N–H and O–H groups in total. The number of carbonyl (C=O) groups excluding carboxylic acids is 2. The van der Waals surface area contributed by atoms with Crippen LogP contribution in [0, 0.1) is 13.8 Å². The standard InChI is InChI=1S/C10H12N2O2S/c1-6-9(15-7(2)11-6)5-12-4-3-8(13)10(12)14/h3-5H2,1-2H3. The predicted octanol–water partition coefficient (Wildman–Crippen LogP) is 1.06. The van der Waals surface area contributed by atoms with Gasteiger partial charge >= 0.3 is 0 Å². The molecule has 1 saturated heterocycles. The predicted molar refractivity (Wildman–Crippen MR) is 56.6 cm³/mol. The molecule has 1 aliphatic heterocycles. The Morgan fingerprint density at radius 2 is 2.13 bits per heavy atom. The summed E-state index contributed by atoms with van der Waals surface area (Å²) in [7, 11) is 0. The van der Waals surface area contributed by atoms with Crippen LogP contribution in [0.5, 0.6) is 0 Å². The molecule has 1 aromatic rings. The molecule has 0 spiro atoms. The summed E-state index contributed by atoms with van der Waals surface area (Å²) in [4.78, 5) is 29.4. The van der Waals surface area contributed by atoms with E-state index in [1.54, 1.807) is 16.2 Å². The number of aromatic nitrogens is 1. The first-order chi connectivity index (χ1) is 7.08. The van der Waals surface area contributed by atoms with E-state index in [-0.39, 0.29) is 11.7 Å². The molecular weight excluding hydrogens is 212 g/mol. The van der Waals surface area contributed by atoms with Crippen LogP contribution >= 0.6 is 11.3 Å². The van der Waals surface area contributed by atoms with Gasteiger partial charge in [0.25, 0.3) is 5.91 Å². The molecule has 1 fully saturated rings. The normalized spacial score (nSPS) is 16.5. The number of amides is 1. The third kappa shape index (κ3) is 1.92. The molecule has 0 unspecified atom stereocenters. The fourth-order valence-electron chi connectivity index (χ4n) is 1.67. The highest BCUT2D eigenvalue weighted by Gasteiger charge is 2.29. The summed E-state index contributed by atoms with van der Waals surface area (Å²) >= 11 is 1.59. The highest BCUT2D eigenvalue weighted by molar-refractivity contribution is 7.11. The summed E-state index contributed by atoms with van der Waals surface area (Å²) in [6.07, 6.45) is 0.357. The molecule has 0 bridgehead atoms. The lowest BCUT2D eigenvalue weighted by Crippen LogP contribution is -2.26. The fourth-order valence-corrected chi connectivity index (χ4v) is 2.62. The zero-order chi connectivity index (χ0) is 11.0. The molecule has 0 aliphatic carbocycles. The first kappa shape index (κ1) is 10.3. The maximum Gasteiger partial charge on any atom is 0.290 e.